The van der Waals surface area contributed by atoms with Crippen LogP contribution in [0.2, 0.25) is 0 Å². The van der Waals surface area contributed by atoms with Crippen molar-refractivity contribution in [3.05, 3.63) is 54.1 Å². The first-order valence-electron chi connectivity index (χ1n) is 8.28. The standard InChI is InChI=1S/C19H23N3O4/c1-25-16-8-4-5-9-17(16)26-13-10-18(23)22-15-7-3-2-6-14(15)19(24)21-12-11-20/h2-9H,10-13,20H2,1H3,(H,21,24)(H,22,23). The van der Waals surface area contributed by atoms with E-state index in [-0.39, 0.29) is 24.8 Å². The van der Waals surface area contributed by atoms with Crippen LogP contribution in [0.1, 0.15) is 16.8 Å². The number of carbonyl (C=O) groups excluding carboxylic acids is 2. The minimum atomic E-state index is -0.281. The van der Waals surface area contributed by atoms with Crippen molar-refractivity contribution in [1.82, 2.24) is 5.32 Å². The Morgan fingerprint density at radius 3 is 2.46 bits per heavy atom. The molecule has 7 nitrogen and oxygen atoms in total. The highest BCUT2D eigenvalue weighted by Gasteiger charge is 2.13. The summed E-state index contributed by atoms with van der Waals surface area (Å²) in [6, 6.07) is 14.0. The summed E-state index contributed by atoms with van der Waals surface area (Å²) in [5, 5.41) is 5.43. The predicted molar refractivity (Wildman–Crippen MR) is 99.6 cm³/mol. The average molecular weight is 357 g/mol. The normalized spacial score (nSPS) is 10.1. The largest absolute Gasteiger partial charge is 0.493 e. The number of rotatable bonds is 9. The van der Waals surface area contributed by atoms with Crippen molar-refractivity contribution in [2.75, 3.05) is 32.1 Å². The Balaban J connectivity index is 1.91. The van der Waals surface area contributed by atoms with Gasteiger partial charge in [-0.1, -0.05) is 24.3 Å². The number of anilines is 1. The molecule has 138 valence electrons. The molecule has 0 atom stereocenters. The van der Waals surface area contributed by atoms with Gasteiger partial charge in [0.2, 0.25) is 5.91 Å². The molecule has 0 aliphatic carbocycles. The van der Waals surface area contributed by atoms with Gasteiger partial charge in [-0.25, -0.2) is 0 Å². The Hall–Kier alpha value is -3.06. The van der Waals surface area contributed by atoms with Gasteiger partial charge in [-0.05, 0) is 24.3 Å². The molecule has 0 aliphatic heterocycles. The second-order valence-corrected chi connectivity index (χ2v) is 5.39. The first kappa shape index (κ1) is 19.3. The summed E-state index contributed by atoms with van der Waals surface area (Å²) in [7, 11) is 1.56. The van der Waals surface area contributed by atoms with E-state index in [1.807, 2.05) is 12.1 Å². The Labute approximate surface area is 152 Å². The second-order valence-electron chi connectivity index (χ2n) is 5.39. The van der Waals surface area contributed by atoms with Gasteiger partial charge in [0.1, 0.15) is 0 Å². The van der Waals surface area contributed by atoms with Crippen LogP contribution in [0, 0.1) is 0 Å². The lowest BCUT2D eigenvalue weighted by Gasteiger charge is -2.12. The zero-order valence-corrected chi connectivity index (χ0v) is 14.7. The van der Waals surface area contributed by atoms with Crippen molar-refractivity contribution >= 4 is 17.5 Å². The fourth-order valence-corrected chi connectivity index (χ4v) is 2.28. The number of ether oxygens (including phenoxy) is 2. The number of hydrogen-bond donors (Lipinski definition) is 3. The molecule has 0 bridgehead atoms. The van der Waals surface area contributed by atoms with Crippen molar-refractivity contribution in [3.63, 3.8) is 0 Å². The highest BCUT2D eigenvalue weighted by Crippen LogP contribution is 2.25. The van der Waals surface area contributed by atoms with Gasteiger partial charge >= 0.3 is 0 Å². The molecule has 0 heterocycles. The third kappa shape index (κ3) is 5.49. The van der Waals surface area contributed by atoms with Crippen molar-refractivity contribution in [3.8, 4) is 11.5 Å². The van der Waals surface area contributed by atoms with E-state index in [0.717, 1.165) is 0 Å². The van der Waals surface area contributed by atoms with E-state index in [4.69, 9.17) is 15.2 Å². The molecule has 2 rings (SSSR count). The number of amides is 2. The van der Waals surface area contributed by atoms with E-state index in [1.54, 1.807) is 43.5 Å². The van der Waals surface area contributed by atoms with E-state index in [2.05, 4.69) is 10.6 Å². The van der Waals surface area contributed by atoms with Crippen LogP contribution in [0.5, 0.6) is 11.5 Å². The lowest BCUT2D eigenvalue weighted by Crippen LogP contribution is -2.30. The van der Waals surface area contributed by atoms with Gasteiger partial charge in [-0.2, -0.15) is 0 Å². The van der Waals surface area contributed by atoms with E-state index < -0.39 is 0 Å². The number of methoxy groups -OCH3 is 1. The fraction of sp³-hybridized carbons (Fsp3) is 0.263. The summed E-state index contributed by atoms with van der Waals surface area (Å²) in [5.41, 5.74) is 6.23. The number of carbonyl (C=O) groups is 2. The molecule has 2 amide bonds. The molecule has 0 unspecified atom stereocenters. The molecule has 0 fully saturated rings. The zero-order valence-electron chi connectivity index (χ0n) is 14.7. The fourth-order valence-electron chi connectivity index (χ4n) is 2.28. The molecule has 0 aromatic heterocycles. The van der Waals surface area contributed by atoms with Crippen molar-refractivity contribution < 1.29 is 19.1 Å². The molecule has 26 heavy (non-hydrogen) atoms. The van der Waals surface area contributed by atoms with Crippen molar-refractivity contribution in [1.29, 1.82) is 0 Å². The minimum absolute atomic E-state index is 0.136. The quantitative estimate of drug-likeness (QED) is 0.635. The summed E-state index contributed by atoms with van der Waals surface area (Å²) < 4.78 is 10.8. The molecule has 2 aromatic carbocycles. The first-order valence-corrected chi connectivity index (χ1v) is 8.28. The molecular weight excluding hydrogens is 334 g/mol. The molecule has 0 saturated carbocycles. The summed E-state index contributed by atoms with van der Waals surface area (Å²) in [6.45, 7) is 0.905. The highest BCUT2D eigenvalue weighted by molar-refractivity contribution is 6.03. The van der Waals surface area contributed by atoms with Crippen molar-refractivity contribution in [2.24, 2.45) is 5.73 Å². The SMILES string of the molecule is COc1ccccc1OCCC(=O)Nc1ccccc1C(=O)NCCN. The number of para-hydroxylation sites is 3. The number of nitrogens with two attached hydrogens (primary N) is 1. The molecular formula is C19H23N3O4. The number of nitrogens with one attached hydrogen (secondary N) is 2. The van der Waals surface area contributed by atoms with Crippen LogP contribution >= 0.6 is 0 Å². The van der Waals surface area contributed by atoms with E-state index >= 15 is 0 Å². The molecule has 0 saturated heterocycles. The summed E-state index contributed by atoms with van der Waals surface area (Å²) in [5.74, 6) is 0.648. The van der Waals surface area contributed by atoms with Crippen LogP contribution in [0.3, 0.4) is 0 Å². The van der Waals surface area contributed by atoms with Crippen LogP contribution in [0.15, 0.2) is 48.5 Å². The van der Waals surface area contributed by atoms with Crippen LogP contribution < -0.4 is 25.8 Å². The maximum absolute atomic E-state index is 12.2. The predicted octanol–water partition coefficient (Wildman–Crippen LogP) is 1.79. The molecule has 4 N–H and O–H groups in total. The summed E-state index contributed by atoms with van der Waals surface area (Å²) >= 11 is 0. The third-order valence-electron chi connectivity index (χ3n) is 3.53. The smallest absolute Gasteiger partial charge is 0.253 e. The topological polar surface area (TPSA) is 103 Å². The Kier molecular flexibility index (Phi) is 7.45. The molecule has 0 aliphatic rings. The number of hydrogen-bond acceptors (Lipinski definition) is 5. The average Bonchev–Trinajstić information content (AvgIpc) is 2.67. The van der Waals surface area contributed by atoms with E-state index in [1.165, 1.54) is 0 Å². The summed E-state index contributed by atoms with van der Waals surface area (Å²) in [6.07, 6.45) is 0.136. The van der Waals surface area contributed by atoms with Gasteiger partial charge in [0.25, 0.3) is 5.91 Å². The Morgan fingerprint density at radius 1 is 1.04 bits per heavy atom. The van der Waals surface area contributed by atoms with Crippen molar-refractivity contribution in [2.45, 2.75) is 6.42 Å². The van der Waals surface area contributed by atoms with Gasteiger partial charge in [-0.15, -0.1) is 0 Å². The maximum Gasteiger partial charge on any atom is 0.253 e. The molecule has 0 radical (unpaired) electrons. The third-order valence-corrected chi connectivity index (χ3v) is 3.53. The molecule has 0 spiro atoms. The van der Waals surface area contributed by atoms with Gasteiger partial charge in [0.05, 0.1) is 31.4 Å². The van der Waals surface area contributed by atoms with Gasteiger partial charge < -0.3 is 25.8 Å². The van der Waals surface area contributed by atoms with Crippen LogP contribution in [-0.2, 0) is 4.79 Å². The monoisotopic (exact) mass is 357 g/mol. The summed E-state index contributed by atoms with van der Waals surface area (Å²) in [4.78, 5) is 24.3. The van der Waals surface area contributed by atoms with Crippen LogP contribution in [0.4, 0.5) is 5.69 Å². The maximum atomic E-state index is 12.2. The molecule has 2 aromatic rings. The Morgan fingerprint density at radius 2 is 1.73 bits per heavy atom. The van der Waals surface area contributed by atoms with Crippen LogP contribution in [0.25, 0.3) is 0 Å². The van der Waals surface area contributed by atoms with Gasteiger partial charge in [-0.3, -0.25) is 9.59 Å². The number of benzene rings is 2. The molecule has 7 heteroatoms. The highest BCUT2D eigenvalue weighted by atomic mass is 16.5. The zero-order chi connectivity index (χ0) is 18.8. The van der Waals surface area contributed by atoms with Crippen LogP contribution in [-0.4, -0.2) is 38.6 Å². The lowest BCUT2D eigenvalue weighted by molar-refractivity contribution is -0.116. The minimum Gasteiger partial charge on any atom is -0.493 e. The Bertz CT molecular complexity index is 749. The van der Waals surface area contributed by atoms with Gasteiger partial charge in [0.15, 0.2) is 11.5 Å². The van der Waals surface area contributed by atoms with Gasteiger partial charge in [0, 0.05) is 13.1 Å². The first-order chi connectivity index (χ1) is 12.7. The van der Waals surface area contributed by atoms with E-state index in [0.29, 0.717) is 35.8 Å². The second kappa shape index (κ2) is 10.0. The lowest BCUT2D eigenvalue weighted by atomic mass is 10.1. The van der Waals surface area contributed by atoms with E-state index in [9.17, 15) is 9.59 Å².